The lowest BCUT2D eigenvalue weighted by atomic mass is 9.93. The summed E-state index contributed by atoms with van der Waals surface area (Å²) in [5, 5.41) is 2.62. The van der Waals surface area contributed by atoms with Gasteiger partial charge < -0.3 is 15.0 Å². The molecule has 2 heterocycles. The van der Waals surface area contributed by atoms with E-state index in [0.29, 0.717) is 26.1 Å². The molecule has 0 radical (unpaired) electrons. The fraction of sp³-hybridized carbons (Fsp3) is 0.867. The second-order valence-corrected chi connectivity index (χ2v) is 6.34. The molecule has 0 unspecified atom stereocenters. The number of carbonyl (C=O) groups excluding carboxylic acids is 2. The third-order valence-electron chi connectivity index (χ3n) is 4.49. The number of nitrogens with zero attached hydrogens (tertiary/aromatic N) is 1. The number of alkyl halides is 3. The Morgan fingerprint density at radius 3 is 2.39 bits per heavy atom. The van der Waals surface area contributed by atoms with Crippen LogP contribution in [0.5, 0.6) is 0 Å². The van der Waals surface area contributed by atoms with Crippen molar-refractivity contribution in [3.05, 3.63) is 0 Å². The van der Waals surface area contributed by atoms with Gasteiger partial charge in [-0.25, -0.2) is 0 Å². The highest BCUT2D eigenvalue weighted by atomic mass is 19.4. The second-order valence-electron chi connectivity index (χ2n) is 6.34. The molecule has 0 spiro atoms. The van der Waals surface area contributed by atoms with Crippen molar-refractivity contribution in [2.75, 3.05) is 19.8 Å². The Morgan fingerprint density at radius 2 is 1.83 bits per heavy atom. The molecule has 0 bridgehead atoms. The monoisotopic (exact) mass is 336 g/mol. The molecule has 0 aromatic heterocycles. The Kier molecular flexibility index (Phi) is 5.89. The van der Waals surface area contributed by atoms with Gasteiger partial charge in [-0.05, 0) is 31.6 Å². The van der Waals surface area contributed by atoms with E-state index in [9.17, 15) is 22.8 Å². The third kappa shape index (κ3) is 5.09. The van der Waals surface area contributed by atoms with Gasteiger partial charge in [-0.15, -0.1) is 0 Å². The molecule has 0 saturated carbocycles. The maximum absolute atomic E-state index is 13.2. The molecule has 0 aromatic rings. The number of piperidine rings is 1. The van der Waals surface area contributed by atoms with Crippen molar-refractivity contribution in [1.29, 1.82) is 0 Å². The number of ether oxygens (including phenoxy) is 1. The summed E-state index contributed by atoms with van der Waals surface area (Å²) < 4.78 is 44.9. The maximum Gasteiger partial charge on any atom is 0.408 e. The number of amides is 2. The minimum Gasteiger partial charge on any atom is -0.381 e. The molecule has 2 fully saturated rings. The Labute approximate surface area is 133 Å². The first kappa shape index (κ1) is 18.0. The molecule has 0 aromatic carbocycles. The molecule has 23 heavy (non-hydrogen) atoms. The van der Waals surface area contributed by atoms with Crippen LogP contribution in [0, 0.1) is 5.92 Å². The minimum absolute atomic E-state index is 0.0753. The first-order valence-corrected chi connectivity index (χ1v) is 7.98. The predicted molar refractivity (Wildman–Crippen MR) is 76.6 cm³/mol. The van der Waals surface area contributed by atoms with E-state index in [-0.39, 0.29) is 37.6 Å². The summed E-state index contributed by atoms with van der Waals surface area (Å²) in [5.74, 6) is -0.696. The quantitative estimate of drug-likeness (QED) is 0.856. The smallest absolute Gasteiger partial charge is 0.381 e. The lowest BCUT2D eigenvalue weighted by Gasteiger charge is -2.41. The molecule has 8 heteroatoms. The van der Waals surface area contributed by atoms with E-state index in [4.69, 9.17) is 4.74 Å². The van der Waals surface area contributed by atoms with E-state index in [0.717, 1.165) is 4.90 Å². The number of hydrogen-bond donors (Lipinski definition) is 1. The van der Waals surface area contributed by atoms with Gasteiger partial charge >= 0.3 is 6.18 Å². The molecule has 2 amide bonds. The summed E-state index contributed by atoms with van der Waals surface area (Å²) in [6.07, 6.45) is -2.87. The summed E-state index contributed by atoms with van der Waals surface area (Å²) in [4.78, 5) is 24.5. The first-order chi connectivity index (χ1) is 10.8. The molecule has 132 valence electrons. The lowest BCUT2D eigenvalue weighted by molar-refractivity contribution is -0.198. The predicted octanol–water partition coefficient (Wildman–Crippen LogP) is 1.86. The summed E-state index contributed by atoms with van der Waals surface area (Å²) >= 11 is 0. The van der Waals surface area contributed by atoms with Crippen LogP contribution in [0.3, 0.4) is 0 Å². The van der Waals surface area contributed by atoms with E-state index in [2.05, 4.69) is 5.32 Å². The molecular weight excluding hydrogens is 313 g/mol. The van der Waals surface area contributed by atoms with Gasteiger partial charge in [-0.2, -0.15) is 13.2 Å². The van der Waals surface area contributed by atoms with Crippen LogP contribution in [0.4, 0.5) is 13.2 Å². The van der Waals surface area contributed by atoms with Crippen molar-refractivity contribution in [2.45, 2.75) is 57.3 Å². The van der Waals surface area contributed by atoms with Gasteiger partial charge in [0.05, 0.1) is 0 Å². The van der Waals surface area contributed by atoms with Crippen molar-refractivity contribution < 1.29 is 27.5 Å². The van der Waals surface area contributed by atoms with Gasteiger partial charge in [0.2, 0.25) is 11.8 Å². The van der Waals surface area contributed by atoms with E-state index >= 15 is 0 Å². The number of nitrogens with one attached hydrogen (secondary N) is 1. The molecule has 2 atom stereocenters. The number of carbonyl (C=O) groups is 2. The van der Waals surface area contributed by atoms with Crippen LogP contribution < -0.4 is 5.32 Å². The van der Waals surface area contributed by atoms with Gasteiger partial charge in [-0.1, -0.05) is 0 Å². The lowest BCUT2D eigenvalue weighted by Crippen LogP contribution is -2.58. The largest absolute Gasteiger partial charge is 0.408 e. The minimum atomic E-state index is -4.44. The average molecular weight is 336 g/mol. The molecule has 2 aliphatic rings. The van der Waals surface area contributed by atoms with Gasteiger partial charge in [-0.3, -0.25) is 9.59 Å². The molecule has 2 aliphatic heterocycles. The standard InChI is InChI=1S/C15H23F3N2O3/c1-10(21)19-12-2-3-13(15(16,17)18)20(9-12)14(22)8-11-4-6-23-7-5-11/h11-13H,2-9H2,1H3,(H,19,21)/t12-,13-/m1/s1. The van der Waals surface area contributed by atoms with E-state index < -0.39 is 24.2 Å². The zero-order chi connectivity index (χ0) is 17.0. The second kappa shape index (κ2) is 7.51. The van der Waals surface area contributed by atoms with E-state index in [1.807, 2.05) is 0 Å². The molecule has 2 rings (SSSR count). The van der Waals surface area contributed by atoms with Gasteiger partial charge in [0, 0.05) is 39.1 Å². The summed E-state index contributed by atoms with van der Waals surface area (Å²) in [6, 6.07) is -2.16. The molecule has 1 N–H and O–H groups in total. The Bertz CT molecular complexity index is 436. The molecule has 5 nitrogen and oxygen atoms in total. The van der Waals surface area contributed by atoms with Crippen LogP contribution in [0.25, 0.3) is 0 Å². The van der Waals surface area contributed by atoms with Crippen LogP contribution in [0.2, 0.25) is 0 Å². The fourth-order valence-corrected chi connectivity index (χ4v) is 3.31. The topological polar surface area (TPSA) is 58.6 Å². The SMILES string of the molecule is CC(=O)N[C@@H]1CC[C@H](C(F)(F)F)N(C(=O)CC2CCOCC2)C1. The molecule has 2 saturated heterocycles. The first-order valence-electron chi connectivity index (χ1n) is 7.98. The average Bonchev–Trinajstić information content (AvgIpc) is 2.46. The molecule has 0 aliphatic carbocycles. The maximum atomic E-state index is 13.2. The van der Waals surface area contributed by atoms with Crippen molar-refractivity contribution in [3.63, 3.8) is 0 Å². The van der Waals surface area contributed by atoms with Gasteiger partial charge in [0.1, 0.15) is 6.04 Å². The Hall–Kier alpha value is -1.31. The van der Waals surface area contributed by atoms with E-state index in [1.54, 1.807) is 0 Å². The van der Waals surface area contributed by atoms with Crippen LogP contribution in [-0.4, -0.2) is 54.7 Å². The van der Waals surface area contributed by atoms with Crippen LogP contribution in [-0.2, 0) is 14.3 Å². The van der Waals surface area contributed by atoms with Gasteiger partial charge in [0.25, 0.3) is 0 Å². The van der Waals surface area contributed by atoms with Crippen molar-refractivity contribution >= 4 is 11.8 Å². The highest BCUT2D eigenvalue weighted by Gasteiger charge is 2.48. The number of hydrogen-bond acceptors (Lipinski definition) is 3. The summed E-state index contributed by atoms with van der Waals surface area (Å²) in [5.41, 5.74) is 0. The zero-order valence-corrected chi connectivity index (χ0v) is 13.2. The summed E-state index contributed by atoms with van der Waals surface area (Å²) in [6.45, 7) is 2.35. The van der Waals surface area contributed by atoms with Crippen LogP contribution >= 0.6 is 0 Å². The highest BCUT2D eigenvalue weighted by Crippen LogP contribution is 2.33. The fourth-order valence-electron chi connectivity index (χ4n) is 3.31. The number of rotatable bonds is 3. The molecular formula is C15H23F3N2O3. The van der Waals surface area contributed by atoms with E-state index in [1.165, 1.54) is 6.92 Å². The van der Waals surface area contributed by atoms with Gasteiger partial charge in [0.15, 0.2) is 0 Å². The van der Waals surface area contributed by atoms with Crippen molar-refractivity contribution in [3.8, 4) is 0 Å². The van der Waals surface area contributed by atoms with Crippen LogP contribution in [0.15, 0.2) is 0 Å². The number of likely N-dealkylation sites (tertiary alicyclic amines) is 1. The normalized spacial score (nSPS) is 26.9. The Morgan fingerprint density at radius 1 is 1.17 bits per heavy atom. The zero-order valence-electron chi connectivity index (χ0n) is 13.2. The van der Waals surface area contributed by atoms with Crippen LogP contribution in [0.1, 0.15) is 39.0 Å². The number of halogens is 3. The van der Waals surface area contributed by atoms with Crippen molar-refractivity contribution in [1.82, 2.24) is 10.2 Å². The highest BCUT2D eigenvalue weighted by molar-refractivity contribution is 5.77. The Balaban J connectivity index is 2.03. The third-order valence-corrected chi connectivity index (χ3v) is 4.49. The van der Waals surface area contributed by atoms with Crippen molar-refractivity contribution in [2.24, 2.45) is 5.92 Å². The summed E-state index contributed by atoms with van der Waals surface area (Å²) in [7, 11) is 0.